The molecule has 2 aromatic rings. The van der Waals surface area contributed by atoms with Crippen molar-refractivity contribution in [3.63, 3.8) is 0 Å². The van der Waals surface area contributed by atoms with Crippen LogP contribution < -0.4 is 11.1 Å². The summed E-state index contributed by atoms with van der Waals surface area (Å²) in [5.41, 5.74) is 5.81. The Labute approximate surface area is 174 Å². The van der Waals surface area contributed by atoms with Crippen LogP contribution in [0.3, 0.4) is 0 Å². The number of anilines is 1. The third-order valence-corrected chi connectivity index (χ3v) is 4.08. The Bertz CT molecular complexity index is 864. The molecule has 29 heavy (non-hydrogen) atoms. The normalized spacial score (nSPS) is 12.6. The average Bonchev–Trinajstić information content (AvgIpc) is 3.00. The van der Waals surface area contributed by atoms with Crippen molar-refractivity contribution in [3.05, 3.63) is 11.5 Å². The molecule has 0 spiro atoms. The van der Waals surface area contributed by atoms with E-state index in [4.69, 9.17) is 26.8 Å². The van der Waals surface area contributed by atoms with E-state index >= 15 is 0 Å². The largest absolute Gasteiger partial charge is 0.464 e. The predicted molar refractivity (Wildman–Crippen MR) is 108 cm³/mol. The monoisotopic (exact) mass is 426 g/mol. The summed E-state index contributed by atoms with van der Waals surface area (Å²) in [5.74, 6) is -0.507. The third kappa shape index (κ3) is 6.74. The van der Waals surface area contributed by atoms with Crippen LogP contribution in [0.25, 0.3) is 11.2 Å². The predicted octanol–water partition coefficient (Wildman–Crippen LogP) is 2.69. The number of hydrogen-bond acceptors (Lipinski definition) is 8. The third-order valence-electron chi connectivity index (χ3n) is 3.82. The fraction of sp³-hybridized carbons (Fsp3) is 0.611. The Morgan fingerprint density at radius 3 is 2.72 bits per heavy atom. The minimum Gasteiger partial charge on any atom is -0.464 e. The SMILES string of the molecule is CCCCOC(=O)[C@H](CCn1cnc2c(Cl)nc(N)nc21)NC(=O)OC(C)(C)C. The van der Waals surface area contributed by atoms with Crippen LogP contribution in [-0.2, 0) is 20.8 Å². The van der Waals surface area contributed by atoms with Gasteiger partial charge >= 0.3 is 12.1 Å². The molecule has 0 radical (unpaired) electrons. The lowest BCUT2D eigenvalue weighted by Gasteiger charge is -2.23. The van der Waals surface area contributed by atoms with Gasteiger partial charge in [0.1, 0.15) is 17.2 Å². The van der Waals surface area contributed by atoms with E-state index in [1.807, 2.05) is 6.92 Å². The first-order chi connectivity index (χ1) is 13.6. The maximum atomic E-state index is 12.5. The number of unbranched alkanes of at least 4 members (excludes halogenated alkanes) is 1. The fourth-order valence-electron chi connectivity index (χ4n) is 2.47. The first-order valence-electron chi connectivity index (χ1n) is 9.40. The van der Waals surface area contributed by atoms with Crippen molar-refractivity contribution in [2.24, 2.45) is 0 Å². The topological polar surface area (TPSA) is 134 Å². The van der Waals surface area contributed by atoms with Crippen molar-refractivity contribution in [3.8, 4) is 0 Å². The molecule has 0 fully saturated rings. The molecule has 0 aliphatic rings. The molecule has 3 N–H and O–H groups in total. The number of esters is 1. The number of nitrogens with one attached hydrogen (secondary N) is 1. The quantitative estimate of drug-likeness (QED) is 0.373. The average molecular weight is 427 g/mol. The Hall–Kier alpha value is -2.62. The first-order valence-corrected chi connectivity index (χ1v) is 9.78. The Morgan fingerprint density at radius 2 is 2.07 bits per heavy atom. The zero-order valence-electron chi connectivity index (χ0n) is 17.1. The van der Waals surface area contributed by atoms with E-state index in [9.17, 15) is 9.59 Å². The number of carbonyl (C=O) groups excluding carboxylic acids is 2. The molecule has 0 saturated heterocycles. The molecule has 0 aromatic carbocycles. The van der Waals surface area contributed by atoms with E-state index in [1.54, 1.807) is 25.3 Å². The summed E-state index contributed by atoms with van der Waals surface area (Å²) in [6.07, 6.45) is 2.70. The Kier molecular flexibility index (Phi) is 7.60. The maximum absolute atomic E-state index is 12.5. The van der Waals surface area contributed by atoms with Crippen LogP contribution in [0.2, 0.25) is 5.15 Å². The van der Waals surface area contributed by atoms with Gasteiger partial charge in [0.05, 0.1) is 12.9 Å². The lowest BCUT2D eigenvalue weighted by molar-refractivity contribution is -0.146. The molecule has 2 rings (SSSR count). The number of alkyl carbamates (subject to hydrolysis) is 1. The van der Waals surface area contributed by atoms with E-state index in [0.717, 1.165) is 12.8 Å². The molecule has 2 heterocycles. The lowest BCUT2D eigenvalue weighted by atomic mass is 10.2. The zero-order valence-corrected chi connectivity index (χ0v) is 17.8. The van der Waals surface area contributed by atoms with Gasteiger partial charge in [0.25, 0.3) is 0 Å². The minimum atomic E-state index is -0.895. The fourth-order valence-corrected chi connectivity index (χ4v) is 2.69. The van der Waals surface area contributed by atoms with Gasteiger partial charge < -0.3 is 25.1 Å². The van der Waals surface area contributed by atoms with Gasteiger partial charge in [0.2, 0.25) is 5.95 Å². The van der Waals surface area contributed by atoms with Crippen LogP contribution >= 0.6 is 11.6 Å². The number of rotatable bonds is 8. The van der Waals surface area contributed by atoms with Gasteiger partial charge in [-0.25, -0.2) is 14.6 Å². The molecule has 10 nitrogen and oxygen atoms in total. The molecule has 0 aliphatic carbocycles. The Balaban J connectivity index is 2.12. The van der Waals surface area contributed by atoms with Gasteiger partial charge in [-0.3, -0.25) is 0 Å². The summed E-state index contributed by atoms with van der Waals surface area (Å²) in [5, 5.41) is 2.73. The van der Waals surface area contributed by atoms with Crippen molar-refractivity contribution in [2.45, 2.75) is 65.1 Å². The molecule has 160 valence electrons. The molecule has 1 atom stereocenters. The van der Waals surface area contributed by atoms with Crippen LogP contribution in [0.5, 0.6) is 0 Å². The summed E-state index contributed by atoms with van der Waals surface area (Å²) in [4.78, 5) is 36.8. The minimum absolute atomic E-state index is 0.0201. The van der Waals surface area contributed by atoms with Crippen molar-refractivity contribution in [1.29, 1.82) is 0 Å². The number of halogens is 1. The van der Waals surface area contributed by atoms with E-state index in [-0.39, 0.29) is 24.1 Å². The second-order valence-electron chi connectivity index (χ2n) is 7.49. The maximum Gasteiger partial charge on any atom is 0.408 e. The van der Waals surface area contributed by atoms with E-state index in [1.165, 1.54) is 6.33 Å². The van der Waals surface area contributed by atoms with Gasteiger partial charge in [-0.15, -0.1) is 0 Å². The highest BCUT2D eigenvalue weighted by Crippen LogP contribution is 2.20. The second-order valence-corrected chi connectivity index (χ2v) is 7.85. The van der Waals surface area contributed by atoms with Crippen molar-refractivity contribution >= 4 is 40.8 Å². The smallest absolute Gasteiger partial charge is 0.408 e. The van der Waals surface area contributed by atoms with Crippen LogP contribution in [0, 0.1) is 0 Å². The molecule has 1 amide bonds. The standard InChI is InChI=1S/C18H27ClN6O4/c1-5-6-9-28-15(26)11(22-17(27)29-18(2,3)4)7-8-25-10-21-12-13(19)23-16(20)24-14(12)25/h10-11H,5-9H2,1-4H3,(H,22,27)(H2,20,23,24)/t11-/m0/s1. The van der Waals surface area contributed by atoms with Crippen molar-refractivity contribution in [2.75, 3.05) is 12.3 Å². The van der Waals surface area contributed by atoms with Gasteiger partial charge in [-0.05, 0) is 33.6 Å². The molecular weight excluding hydrogens is 400 g/mol. The number of hydrogen-bond donors (Lipinski definition) is 2. The first kappa shape index (κ1) is 22.7. The molecule has 0 bridgehead atoms. The highest BCUT2D eigenvalue weighted by atomic mass is 35.5. The number of aromatic nitrogens is 4. The van der Waals surface area contributed by atoms with E-state index in [0.29, 0.717) is 17.7 Å². The summed E-state index contributed by atoms with van der Waals surface area (Å²) >= 11 is 6.04. The number of ether oxygens (including phenoxy) is 2. The number of nitrogens with zero attached hydrogens (tertiary/aromatic N) is 4. The number of carbonyl (C=O) groups is 2. The van der Waals surface area contributed by atoms with Crippen LogP contribution in [0.4, 0.5) is 10.7 Å². The highest BCUT2D eigenvalue weighted by Gasteiger charge is 2.26. The summed E-state index contributed by atoms with van der Waals surface area (Å²) < 4.78 is 12.2. The molecule has 0 unspecified atom stereocenters. The number of nitrogen functional groups attached to an aromatic ring is 1. The van der Waals surface area contributed by atoms with Gasteiger partial charge in [0, 0.05) is 6.54 Å². The number of imidazole rings is 1. The van der Waals surface area contributed by atoms with Crippen LogP contribution in [-0.4, -0.2) is 49.8 Å². The number of fused-ring (bicyclic) bond motifs is 1. The van der Waals surface area contributed by atoms with E-state index in [2.05, 4.69) is 20.3 Å². The zero-order chi connectivity index (χ0) is 21.6. The van der Waals surface area contributed by atoms with Crippen molar-refractivity contribution < 1.29 is 19.1 Å². The molecule has 0 aliphatic heterocycles. The highest BCUT2D eigenvalue weighted by molar-refractivity contribution is 6.33. The number of nitrogens with two attached hydrogens (primary N) is 1. The van der Waals surface area contributed by atoms with E-state index < -0.39 is 23.7 Å². The lowest BCUT2D eigenvalue weighted by Crippen LogP contribution is -2.44. The molecule has 0 saturated carbocycles. The summed E-state index contributed by atoms with van der Waals surface area (Å²) in [6.45, 7) is 7.82. The second kappa shape index (κ2) is 9.73. The summed E-state index contributed by atoms with van der Waals surface area (Å²) in [7, 11) is 0. The molecule has 11 heteroatoms. The summed E-state index contributed by atoms with van der Waals surface area (Å²) in [6, 6.07) is -0.895. The van der Waals surface area contributed by atoms with Gasteiger partial charge in [-0.2, -0.15) is 9.97 Å². The number of aryl methyl sites for hydroxylation is 1. The Morgan fingerprint density at radius 1 is 1.34 bits per heavy atom. The molecular formula is C18H27ClN6O4. The number of amides is 1. The van der Waals surface area contributed by atoms with Crippen LogP contribution in [0.15, 0.2) is 6.33 Å². The van der Waals surface area contributed by atoms with Gasteiger partial charge in [0.15, 0.2) is 10.8 Å². The van der Waals surface area contributed by atoms with Crippen LogP contribution in [0.1, 0.15) is 47.0 Å². The molecule has 2 aromatic heterocycles. The van der Waals surface area contributed by atoms with Crippen molar-refractivity contribution in [1.82, 2.24) is 24.8 Å². The van der Waals surface area contributed by atoms with Gasteiger partial charge in [-0.1, -0.05) is 24.9 Å².